The summed E-state index contributed by atoms with van der Waals surface area (Å²) in [5.74, 6) is 0.783. The highest BCUT2D eigenvalue weighted by Crippen LogP contribution is 2.28. The number of thiazole rings is 1. The largest absolute Gasteiger partial charge is 0.494 e. The van der Waals surface area contributed by atoms with E-state index in [4.69, 9.17) is 4.74 Å². The van der Waals surface area contributed by atoms with Crippen LogP contribution in [0.15, 0.2) is 66.9 Å². The summed E-state index contributed by atoms with van der Waals surface area (Å²) in [5, 5.41) is 3.47. The quantitative estimate of drug-likeness (QED) is 0.640. The third-order valence-electron chi connectivity index (χ3n) is 3.37. The van der Waals surface area contributed by atoms with Crippen LogP contribution in [-0.4, -0.2) is 17.5 Å². The second kappa shape index (κ2) is 8.26. The lowest BCUT2D eigenvalue weighted by Gasteiger charge is -2.05. The van der Waals surface area contributed by atoms with Gasteiger partial charge in [-0.3, -0.25) is 4.79 Å². The Bertz CT molecular complexity index is 772. The first-order chi connectivity index (χ1) is 11.8. The van der Waals surface area contributed by atoms with E-state index >= 15 is 0 Å². The monoisotopic (exact) mass is 338 g/mol. The molecule has 0 saturated heterocycles. The Balaban J connectivity index is 1.43. The smallest absolute Gasteiger partial charge is 0.226 e. The molecular weight excluding hydrogens is 320 g/mol. The van der Waals surface area contributed by atoms with Crippen LogP contribution in [0.5, 0.6) is 5.75 Å². The number of carbonyl (C=O) groups excluding carboxylic acids is 1. The number of amides is 1. The van der Waals surface area contributed by atoms with Crippen molar-refractivity contribution in [1.82, 2.24) is 4.98 Å². The number of aromatic nitrogens is 1. The fourth-order valence-corrected chi connectivity index (χ4v) is 3.03. The lowest BCUT2D eigenvalue weighted by molar-refractivity contribution is -0.116. The molecule has 1 amide bonds. The van der Waals surface area contributed by atoms with Crippen molar-refractivity contribution in [3.05, 3.63) is 66.9 Å². The van der Waals surface area contributed by atoms with Gasteiger partial charge in [-0.15, -0.1) is 0 Å². The summed E-state index contributed by atoms with van der Waals surface area (Å²) in [4.78, 5) is 17.3. The molecule has 2 aromatic carbocycles. The zero-order chi connectivity index (χ0) is 16.6. The number of nitrogens with one attached hydrogen (secondary N) is 1. The molecule has 4 nitrogen and oxygen atoms in total. The molecule has 0 fully saturated rings. The van der Waals surface area contributed by atoms with Crippen molar-refractivity contribution in [2.24, 2.45) is 0 Å². The van der Waals surface area contributed by atoms with E-state index in [-0.39, 0.29) is 5.91 Å². The van der Waals surface area contributed by atoms with E-state index in [1.807, 2.05) is 60.7 Å². The average Bonchev–Trinajstić information content (AvgIpc) is 3.09. The second-order valence-corrected chi connectivity index (χ2v) is 6.24. The van der Waals surface area contributed by atoms with E-state index in [2.05, 4.69) is 10.3 Å². The normalized spacial score (nSPS) is 10.3. The molecule has 0 aliphatic carbocycles. The van der Waals surface area contributed by atoms with Gasteiger partial charge in [0.2, 0.25) is 5.91 Å². The molecule has 0 aliphatic heterocycles. The topological polar surface area (TPSA) is 51.2 Å². The molecule has 3 rings (SSSR count). The van der Waals surface area contributed by atoms with E-state index in [1.54, 1.807) is 6.20 Å². The number of carbonyl (C=O) groups is 1. The fourth-order valence-electron chi connectivity index (χ4n) is 2.19. The molecule has 0 bridgehead atoms. The number of para-hydroxylation sites is 1. The van der Waals surface area contributed by atoms with Gasteiger partial charge in [-0.25, -0.2) is 4.98 Å². The minimum atomic E-state index is -0.0411. The summed E-state index contributed by atoms with van der Waals surface area (Å²) in [6.07, 6.45) is 2.86. The molecule has 1 heterocycles. The number of ether oxygens (including phenoxy) is 1. The third-order valence-corrected chi connectivity index (χ3v) is 4.33. The molecule has 122 valence electrons. The number of hydrogen-bond acceptors (Lipinski definition) is 4. The number of benzene rings is 2. The first-order valence-electron chi connectivity index (χ1n) is 7.80. The molecule has 0 radical (unpaired) electrons. The van der Waals surface area contributed by atoms with Crippen molar-refractivity contribution in [3.63, 3.8) is 0 Å². The van der Waals surface area contributed by atoms with Gasteiger partial charge in [0, 0.05) is 12.6 Å². The van der Waals surface area contributed by atoms with Gasteiger partial charge in [0.05, 0.1) is 11.5 Å². The van der Waals surface area contributed by atoms with Crippen molar-refractivity contribution in [3.8, 4) is 16.2 Å². The van der Waals surface area contributed by atoms with Gasteiger partial charge in [0.15, 0.2) is 5.13 Å². The van der Waals surface area contributed by atoms with Gasteiger partial charge in [0.1, 0.15) is 5.75 Å². The van der Waals surface area contributed by atoms with Gasteiger partial charge >= 0.3 is 0 Å². The summed E-state index contributed by atoms with van der Waals surface area (Å²) in [6, 6.07) is 19.6. The Morgan fingerprint density at radius 2 is 1.75 bits per heavy atom. The molecular formula is C19H18N2O2S. The molecule has 24 heavy (non-hydrogen) atoms. The molecule has 0 aliphatic rings. The Morgan fingerprint density at radius 3 is 2.50 bits per heavy atom. The summed E-state index contributed by atoms with van der Waals surface area (Å²) in [5.41, 5.74) is 1.10. The molecule has 1 aromatic heterocycles. The number of rotatable bonds is 7. The minimum absolute atomic E-state index is 0.0411. The predicted octanol–water partition coefficient (Wildman–Crippen LogP) is 4.61. The highest BCUT2D eigenvalue weighted by atomic mass is 32.1. The van der Waals surface area contributed by atoms with Crippen molar-refractivity contribution in [2.75, 3.05) is 11.9 Å². The second-order valence-electron chi connectivity index (χ2n) is 5.21. The van der Waals surface area contributed by atoms with E-state index in [0.29, 0.717) is 24.6 Å². The van der Waals surface area contributed by atoms with Gasteiger partial charge in [-0.05, 0) is 24.1 Å². The molecule has 0 spiro atoms. The maximum absolute atomic E-state index is 12.0. The maximum Gasteiger partial charge on any atom is 0.226 e. The lowest BCUT2D eigenvalue weighted by atomic mass is 10.2. The van der Waals surface area contributed by atoms with Crippen molar-refractivity contribution in [1.29, 1.82) is 0 Å². The molecule has 0 unspecified atom stereocenters. The summed E-state index contributed by atoms with van der Waals surface area (Å²) < 4.78 is 5.58. The summed E-state index contributed by atoms with van der Waals surface area (Å²) in [7, 11) is 0. The first-order valence-corrected chi connectivity index (χ1v) is 8.62. The average molecular weight is 338 g/mol. The Hall–Kier alpha value is -2.66. The van der Waals surface area contributed by atoms with E-state index in [0.717, 1.165) is 16.2 Å². The van der Waals surface area contributed by atoms with Crippen LogP contribution in [0, 0.1) is 0 Å². The summed E-state index contributed by atoms with van der Waals surface area (Å²) >= 11 is 1.48. The highest BCUT2D eigenvalue weighted by molar-refractivity contribution is 7.19. The molecule has 0 saturated carbocycles. The zero-order valence-corrected chi connectivity index (χ0v) is 14.0. The van der Waals surface area contributed by atoms with Crippen molar-refractivity contribution >= 4 is 22.4 Å². The van der Waals surface area contributed by atoms with Crippen LogP contribution in [0.2, 0.25) is 0 Å². The first kappa shape index (κ1) is 16.2. The third kappa shape index (κ3) is 4.67. The van der Waals surface area contributed by atoms with Gasteiger partial charge in [-0.1, -0.05) is 59.9 Å². The zero-order valence-electron chi connectivity index (χ0n) is 13.1. The molecule has 3 aromatic rings. The number of anilines is 1. The van der Waals surface area contributed by atoms with Crippen LogP contribution in [0.25, 0.3) is 10.4 Å². The lowest BCUT2D eigenvalue weighted by Crippen LogP contribution is -2.12. The fraction of sp³-hybridized carbons (Fsp3) is 0.158. The highest BCUT2D eigenvalue weighted by Gasteiger charge is 2.08. The molecule has 1 N–H and O–H groups in total. The van der Waals surface area contributed by atoms with Crippen LogP contribution in [0.3, 0.4) is 0 Å². The van der Waals surface area contributed by atoms with E-state index in [1.165, 1.54) is 11.3 Å². The van der Waals surface area contributed by atoms with Crippen LogP contribution >= 0.6 is 11.3 Å². The summed E-state index contributed by atoms with van der Waals surface area (Å²) in [6.45, 7) is 0.518. The van der Waals surface area contributed by atoms with Crippen LogP contribution in [-0.2, 0) is 4.79 Å². The molecule has 0 atom stereocenters. The Kier molecular flexibility index (Phi) is 5.58. The van der Waals surface area contributed by atoms with Crippen LogP contribution in [0.1, 0.15) is 12.8 Å². The standard InChI is InChI=1S/C19H18N2O2S/c22-18(12-7-13-23-16-10-5-2-6-11-16)21-19-20-14-17(24-19)15-8-3-1-4-9-15/h1-6,8-11,14H,7,12-13H2,(H,20,21,22). The van der Waals surface area contributed by atoms with Crippen molar-refractivity contribution in [2.45, 2.75) is 12.8 Å². The number of nitrogens with zero attached hydrogens (tertiary/aromatic N) is 1. The Morgan fingerprint density at radius 1 is 1.04 bits per heavy atom. The number of hydrogen-bond donors (Lipinski definition) is 1. The van der Waals surface area contributed by atoms with E-state index < -0.39 is 0 Å². The molecule has 5 heteroatoms. The maximum atomic E-state index is 12.0. The van der Waals surface area contributed by atoms with Crippen molar-refractivity contribution < 1.29 is 9.53 Å². The van der Waals surface area contributed by atoms with Crippen LogP contribution in [0.4, 0.5) is 5.13 Å². The Labute approximate surface area is 145 Å². The van der Waals surface area contributed by atoms with Gasteiger partial charge in [-0.2, -0.15) is 0 Å². The van der Waals surface area contributed by atoms with E-state index in [9.17, 15) is 4.79 Å². The van der Waals surface area contributed by atoms with Crippen LogP contribution < -0.4 is 10.1 Å². The predicted molar refractivity (Wildman–Crippen MR) is 97.4 cm³/mol. The van der Waals surface area contributed by atoms with Gasteiger partial charge in [0.25, 0.3) is 0 Å². The van der Waals surface area contributed by atoms with Gasteiger partial charge < -0.3 is 10.1 Å². The SMILES string of the molecule is O=C(CCCOc1ccccc1)Nc1ncc(-c2ccccc2)s1. The minimum Gasteiger partial charge on any atom is -0.494 e.